The lowest BCUT2D eigenvalue weighted by Gasteiger charge is -2.31. The lowest BCUT2D eigenvalue weighted by Crippen LogP contribution is -2.19. The second kappa shape index (κ2) is 19.3. The Hall–Kier alpha value is -6.38. The molecule has 0 fully saturated rings. The minimum absolute atomic E-state index is 0.0393. The summed E-state index contributed by atoms with van der Waals surface area (Å²) in [5, 5.41) is 2.41. The SMILES string of the molecule is CCC(C)(CC)c1ccc(N(c2ccc(C(C)(C)C)cc2)c2cc(-c3ccccc3)c3cc(N(c4ccc(C(C)(C)C)cc4)c4ccc(C(C)(CC)CC)cc4)cc(-c4ccccc4)c3c2)cc1. The van der Waals surface area contributed by atoms with Crippen LogP contribution in [-0.4, -0.2) is 0 Å². The molecule has 0 radical (unpaired) electrons. The molecule has 0 saturated heterocycles. The third-order valence-electron chi connectivity index (χ3n) is 15.5. The Labute approximate surface area is 409 Å². The fraction of sp³-hybridized carbons (Fsp3) is 0.303. The second-order valence-corrected chi connectivity index (χ2v) is 21.7. The molecule has 0 aromatic heterocycles. The van der Waals surface area contributed by atoms with Crippen molar-refractivity contribution < 1.29 is 0 Å². The van der Waals surface area contributed by atoms with E-state index in [0.717, 1.165) is 59.8 Å². The molecule has 0 bridgehead atoms. The summed E-state index contributed by atoms with van der Waals surface area (Å²) in [6, 6.07) is 69.0. The van der Waals surface area contributed by atoms with Crippen LogP contribution in [-0.2, 0) is 21.7 Å². The van der Waals surface area contributed by atoms with Crippen LogP contribution < -0.4 is 9.80 Å². The van der Waals surface area contributed by atoms with Crippen LogP contribution in [0.3, 0.4) is 0 Å². The first-order valence-corrected chi connectivity index (χ1v) is 25.3. The molecule has 0 atom stereocenters. The van der Waals surface area contributed by atoms with Crippen LogP contribution in [0.15, 0.2) is 182 Å². The summed E-state index contributed by atoms with van der Waals surface area (Å²) >= 11 is 0. The standard InChI is InChI=1S/C66H74N2/c1-13-65(11,14-2)51-31-39-55(40-32-51)67(53-35-27-49(28-36-53)63(5,6)7)57-43-59(47-23-19-17-20-24-47)62-46-58(44-60(61(62)45-57)48-25-21-18-22-26-48)68(54-37-29-50(30-38-54)64(8,9)10)56-41-33-52(34-42-56)66(12,15-3)16-4/h17-46H,13-16H2,1-12H3. The molecular formula is C66H74N2. The highest BCUT2D eigenvalue weighted by Crippen LogP contribution is 2.48. The molecule has 68 heavy (non-hydrogen) atoms. The molecule has 2 heteroatoms. The molecule has 0 spiro atoms. The van der Waals surface area contributed by atoms with Crippen LogP contribution in [0.5, 0.6) is 0 Å². The molecule has 348 valence electrons. The number of nitrogens with zero attached hydrogens (tertiary/aromatic N) is 2. The smallest absolute Gasteiger partial charge is 0.0474 e. The third-order valence-corrected chi connectivity index (χ3v) is 15.5. The number of fused-ring (bicyclic) bond motifs is 1. The summed E-state index contributed by atoms with van der Waals surface area (Å²) in [6.45, 7) is 27.8. The summed E-state index contributed by atoms with van der Waals surface area (Å²) in [6.07, 6.45) is 4.38. The van der Waals surface area contributed by atoms with E-state index in [1.54, 1.807) is 0 Å². The van der Waals surface area contributed by atoms with Gasteiger partial charge >= 0.3 is 0 Å². The molecule has 2 nitrogen and oxygen atoms in total. The maximum Gasteiger partial charge on any atom is 0.0474 e. The lowest BCUT2D eigenvalue weighted by atomic mass is 9.78. The van der Waals surface area contributed by atoms with Crippen molar-refractivity contribution in [2.75, 3.05) is 9.80 Å². The Morgan fingerprint density at radius 3 is 0.809 bits per heavy atom. The minimum atomic E-state index is 0.0393. The van der Waals surface area contributed by atoms with Crippen molar-refractivity contribution in [3.05, 3.63) is 204 Å². The number of anilines is 6. The van der Waals surface area contributed by atoms with Gasteiger partial charge in [0.05, 0.1) is 0 Å². The zero-order chi connectivity index (χ0) is 48.4. The molecule has 0 aliphatic rings. The number of rotatable bonds is 14. The maximum absolute atomic E-state index is 2.46. The molecular weight excluding hydrogens is 821 g/mol. The molecule has 8 aromatic rings. The molecule has 0 aliphatic heterocycles. The Kier molecular flexibility index (Phi) is 13.7. The molecule has 8 aromatic carbocycles. The van der Waals surface area contributed by atoms with Gasteiger partial charge in [-0.3, -0.25) is 0 Å². The van der Waals surface area contributed by atoms with Crippen LogP contribution in [0.25, 0.3) is 33.0 Å². The van der Waals surface area contributed by atoms with E-state index >= 15 is 0 Å². The molecule has 0 amide bonds. The first-order chi connectivity index (χ1) is 32.5. The van der Waals surface area contributed by atoms with Gasteiger partial charge in [0, 0.05) is 34.1 Å². The Balaban J connectivity index is 1.42. The van der Waals surface area contributed by atoms with E-state index in [1.165, 1.54) is 55.3 Å². The number of hydrogen-bond donors (Lipinski definition) is 0. The summed E-state index contributed by atoms with van der Waals surface area (Å²) in [7, 11) is 0. The van der Waals surface area contributed by atoms with E-state index in [9.17, 15) is 0 Å². The van der Waals surface area contributed by atoms with E-state index in [-0.39, 0.29) is 21.7 Å². The highest BCUT2D eigenvalue weighted by molar-refractivity contribution is 6.09. The van der Waals surface area contributed by atoms with E-state index in [1.807, 2.05) is 0 Å². The Morgan fingerprint density at radius 1 is 0.294 bits per heavy atom. The summed E-state index contributed by atoms with van der Waals surface area (Å²) in [4.78, 5) is 4.93. The predicted molar refractivity (Wildman–Crippen MR) is 297 cm³/mol. The van der Waals surface area contributed by atoms with Crippen LogP contribution >= 0.6 is 0 Å². The first kappa shape index (κ1) is 48.1. The quantitative estimate of drug-likeness (QED) is 0.107. The Morgan fingerprint density at radius 2 is 0.559 bits per heavy atom. The van der Waals surface area contributed by atoms with Crippen LogP contribution in [0.4, 0.5) is 34.1 Å². The monoisotopic (exact) mass is 895 g/mol. The van der Waals surface area contributed by atoms with Crippen molar-refractivity contribution in [2.45, 2.75) is 130 Å². The van der Waals surface area contributed by atoms with E-state index < -0.39 is 0 Å². The molecule has 8 rings (SSSR count). The van der Waals surface area contributed by atoms with Crippen molar-refractivity contribution in [3.8, 4) is 22.3 Å². The normalized spacial score (nSPS) is 12.4. The van der Waals surface area contributed by atoms with Crippen molar-refractivity contribution >= 4 is 44.9 Å². The number of hydrogen-bond acceptors (Lipinski definition) is 2. The Bertz CT molecular complexity index is 2720. The van der Waals surface area contributed by atoms with Crippen molar-refractivity contribution in [1.29, 1.82) is 0 Å². The molecule has 0 N–H and O–H groups in total. The molecule has 0 unspecified atom stereocenters. The lowest BCUT2D eigenvalue weighted by molar-refractivity contribution is 0.439. The van der Waals surface area contributed by atoms with Gasteiger partial charge in [-0.1, -0.05) is 192 Å². The van der Waals surface area contributed by atoms with Gasteiger partial charge in [0.25, 0.3) is 0 Å². The molecule has 0 aliphatic carbocycles. The average Bonchev–Trinajstić information content (AvgIpc) is 3.36. The minimum Gasteiger partial charge on any atom is -0.310 e. The average molecular weight is 895 g/mol. The molecule has 0 saturated carbocycles. The third kappa shape index (κ3) is 9.66. The predicted octanol–water partition coefficient (Wildman–Crippen LogP) is 19.9. The van der Waals surface area contributed by atoms with Gasteiger partial charge in [-0.15, -0.1) is 0 Å². The fourth-order valence-corrected chi connectivity index (χ4v) is 9.86. The summed E-state index contributed by atoms with van der Waals surface area (Å²) in [5.41, 5.74) is 17.2. The van der Waals surface area contributed by atoms with Gasteiger partial charge in [-0.25, -0.2) is 0 Å². The highest BCUT2D eigenvalue weighted by atomic mass is 15.1. The topological polar surface area (TPSA) is 6.48 Å². The van der Waals surface area contributed by atoms with E-state index in [0.29, 0.717) is 0 Å². The van der Waals surface area contributed by atoms with Gasteiger partial charge in [-0.05, 0) is 175 Å². The first-order valence-electron chi connectivity index (χ1n) is 25.3. The van der Waals surface area contributed by atoms with Crippen LogP contribution in [0, 0.1) is 0 Å². The van der Waals surface area contributed by atoms with Gasteiger partial charge < -0.3 is 9.80 Å². The second-order valence-electron chi connectivity index (χ2n) is 21.7. The van der Waals surface area contributed by atoms with Crippen LogP contribution in [0.1, 0.15) is 131 Å². The maximum atomic E-state index is 2.46. The summed E-state index contributed by atoms with van der Waals surface area (Å²) < 4.78 is 0. The van der Waals surface area contributed by atoms with Gasteiger partial charge in [-0.2, -0.15) is 0 Å². The van der Waals surface area contributed by atoms with Crippen molar-refractivity contribution in [1.82, 2.24) is 0 Å². The van der Waals surface area contributed by atoms with Gasteiger partial charge in [0.2, 0.25) is 0 Å². The molecule has 0 heterocycles. The van der Waals surface area contributed by atoms with E-state index in [2.05, 4.69) is 275 Å². The zero-order valence-electron chi connectivity index (χ0n) is 43.0. The summed E-state index contributed by atoms with van der Waals surface area (Å²) in [5.74, 6) is 0. The van der Waals surface area contributed by atoms with Crippen LogP contribution in [0.2, 0.25) is 0 Å². The van der Waals surface area contributed by atoms with Crippen molar-refractivity contribution in [3.63, 3.8) is 0 Å². The van der Waals surface area contributed by atoms with Gasteiger partial charge in [0.1, 0.15) is 0 Å². The zero-order valence-corrected chi connectivity index (χ0v) is 43.0. The number of benzene rings is 8. The highest BCUT2D eigenvalue weighted by Gasteiger charge is 2.27. The van der Waals surface area contributed by atoms with E-state index in [4.69, 9.17) is 0 Å². The largest absolute Gasteiger partial charge is 0.310 e. The van der Waals surface area contributed by atoms with Crippen molar-refractivity contribution in [2.24, 2.45) is 0 Å². The fourth-order valence-electron chi connectivity index (χ4n) is 9.86. The van der Waals surface area contributed by atoms with Gasteiger partial charge in [0.15, 0.2) is 0 Å².